The van der Waals surface area contributed by atoms with Gasteiger partial charge in [0.1, 0.15) is 11.4 Å². The van der Waals surface area contributed by atoms with Gasteiger partial charge in [-0.1, -0.05) is 18.2 Å². The van der Waals surface area contributed by atoms with Gasteiger partial charge in [-0.3, -0.25) is 4.79 Å². The summed E-state index contributed by atoms with van der Waals surface area (Å²) in [5.41, 5.74) is 2.53. The zero-order valence-corrected chi connectivity index (χ0v) is 12.8. The SMILES string of the molecule is C[C@H](NC(=O)c1ccn2ccnc2c1)[C@@H]1COc2ccccc21. The maximum Gasteiger partial charge on any atom is 0.251 e. The van der Waals surface area contributed by atoms with Gasteiger partial charge in [0.2, 0.25) is 0 Å². The second kappa shape index (κ2) is 5.43. The van der Waals surface area contributed by atoms with Gasteiger partial charge in [0.05, 0.1) is 6.61 Å². The van der Waals surface area contributed by atoms with Gasteiger partial charge in [-0.15, -0.1) is 0 Å². The fraction of sp³-hybridized carbons (Fsp3) is 0.222. The second-order valence-corrected chi connectivity index (χ2v) is 5.83. The first-order chi connectivity index (χ1) is 11.2. The molecule has 1 aromatic carbocycles. The summed E-state index contributed by atoms with van der Waals surface area (Å²) in [5.74, 6) is 0.995. The zero-order chi connectivity index (χ0) is 15.8. The molecule has 0 radical (unpaired) electrons. The van der Waals surface area contributed by atoms with E-state index in [9.17, 15) is 4.79 Å². The second-order valence-electron chi connectivity index (χ2n) is 5.83. The minimum atomic E-state index is -0.0904. The molecule has 5 heteroatoms. The minimum Gasteiger partial charge on any atom is -0.493 e. The number of carbonyl (C=O) groups is 1. The van der Waals surface area contributed by atoms with Crippen molar-refractivity contribution in [3.05, 3.63) is 66.1 Å². The highest BCUT2D eigenvalue weighted by Crippen LogP contribution is 2.35. The third-order valence-electron chi connectivity index (χ3n) is 4.36. The standard InChI is InChI=1S/C18H17N3O2/c1-12(15-11-23-16-5-3-2-4-14(15)16)20-18(22)13-6-8-21-9-7-19-17(21)10-13/h2-10,12,15H,11H2,1H3,(H,20,22)/t12-,15-/m0/s1. The van der Waals surface area contributed by atoms with Crippen LogP contribution in [-0.4, -0.2) is 27.9 Å². The van der Waals surface area contributed by atoms with Crippen molar-refractivity contribution in [3.8, 4) is 5.75 Å². The van der Waals surface area contributed by atoms with E-state index in [4.69, 9.17) is 4.74 Å². The third kappa shape index (κ3) is 2.44. The number of rotatable bonds is 3. The van der Waals surface area contributed by atoms with Crippen LogP contribution >= 0.6 is 0 Å². The van der Waals surface area contributed by atoms with Gasteiger partial charge in [0.25, 0.3) is 5.91 Å². The average Bonchev–Trinajstić information content (AvgIpc) is 3.20. The summed E-state index contributed by atoms with van der Waals surface area (Å²) >= 11 is 0. The molecule has 1 aliphatic heterocycles. The number of nitrogens with one attached hydrogen (secondary N) is 1. The average molecular weight is 307 g/mol. The molecule has 1 amide bonds. The van der Waals surface area contributed by atoms with E-state index in [2.05, 4.69) is 16.4 Å². The van der Waals surface area contributed by atoms with Crippen molar-refractivity contribution >= 4 is 11.6 Å². The van der Waals surface area contributed by atoms with Crippen molar-refractivity contribution in [1.29, 1.82) is 0 Å². The molecule has 0 unspecified atom stereocenters. The van der Waals surface area contributed by atoms with Crippen LogP contribution in [0.5, 0.6) is 5.75 Å². The first kappa shape index (κ1) is 13.8. The van der Waals surface area contributed by atoms with Gasteiger partial charge < -0.3 is 14.5 Å². The Morgan fingerprint density at radius 2 is 2.22 bits per heavy atom. The van der Waals surface area contributed by atoms with Crippen molar-refractivity contribution in [3.63, 3.8) is 0 Å². The molecule has 5 nitrogen and oxygen atoms in total. The summed E-state index contributed by atoms with van der Waals surface area (Å²) in [5, 5.41) is 3.08. The van der Waals surface area contributed by atoms with Gasteiger partial charge in [-0.05, 0) is 25.1 Å². The Hall–Kier alpha value is -2.82. The third-order valence-corrected chi connectivity index (χ3v) is 4.36. The Morgan fingerprint density at radius 1 is 1.35 bits per heavy atom. The van der Waals surface area contributed by atoms with E-state index < -0.39 is 0 Å². The number of pyridine rings is 1. The Kier molecular flexibility index (Phi) is 3.26. The first-order valence-corrected chi connectivity index (χ1v) is 7.68. The van der Waals surface area contributed by atoms with Gasteiger partial charge in [0, 0.05) is 41.7 Å². The molecular formula is C18H17N3O2. The Labute approximate surface area is 133 Å². The van der Waals surface area contributed by atoms with E-state index in [0.29, 0.717) is 12.2 Å². The first-order valence-electron chi connectivity index (χ1n) is 7.68. The van der Waals surface area contributed by atoms with E-state index in [1.54, 1.807) is 18.3 Å². The summed E-state index contributed by atoms with van der Waals surface area (Å²) < 4.78 is 7.58. The largest absolute Gasteiger partial charge is 0.493 e. The Balaban J connectivity index is 1.52. The van der Waals surface area contributed by atoms with Gasteiger partial charge in [0.15, 0.2) is 0 Å². The summed E-state index contributed by atoms with van der Waals surface area (Å²) in [6.07, 6.45) is 5.41. The topological polar surface area (TPSA) is 55.6 Å². The Bertz CT molecular complexity index is 871. The summed E-state index contributed by atoms with van der Waals surface area (Å²) in [4.78, 5) is 16.7. The number of amides is 1. The van der Waals surface area contributed by atoms with E-state index in [-0.39, 0.29) is 17.9 Å². The molecule has 0 bridgehead atoms. The number of carbonyl (C=O) groups excluding carboxylic acids is 1. The van der Waals surface area contributed by atoms with E-state index in [1.807, 2.05) is 41.9 Å². The van der Waals surface area contributed by atoms with E-state index >= 15 is 0 Å². The molecule has 1 N–H and O–H groups in total. The summed E-state index contributed by atoms with van der Waals surface area (Å²) in [6, 6.07) is 11.6. The van der Waals surface area contributed by atoms with Crippen LogP contribution in [0.15, 0.2) is 55.0 Å². The van der Waals surface area contributed by atoms with Crippen LogP contribution < -0.4 is 10.1 Å². The highest BCUT2D eigenvalue weighted by molar-refractivity contribution is 5.95. The van der Waals surface area contributed by atoms with Crippen LogP contribution in [-0.2, 0) is 0 Å². The predicted octanol–water partition coefficient (Wildman–Crippen LogP) is 2.63. The molecular weight excluding hydrogens is 290 g/mol. The molecule has 0 aliphatic carbocycles. The van der Waals surface area contributed by atoms with Crippen LogP contribution in [0.25, 0.3) is 5.65 Å². The molecule has 1 aliphatic rings. The smallest absolute Gasteiger partial charge is 0.251 e. The molecule has 0 fully saturated rings. The molecule has 0 spiro atoms. The lowest BCUT2D eigenvalue weighted by Gasteiger charge is -2.20. The van der Waals surface area contributed by atoms with Crippen molar-refractivity contribution < 1.29 is 9.53 Å². The van der Waals surface area contributed by atoms with E-state index in [0.717, 1.165) is 17.0 Å². The number of nitrogens with zero attached hydrogens (tertiary/aromatic N) is 2. The number of para-hydroxylation sites is 1. The lowest BCUT2D eigenvalue weighted by molar-refractivity contribution is 0.0932. The fourth-order valence-corrected chi connectivity index (χ4v) is 3.04. The summed E-state index contributed by atoms with van der Waals surface area (Å²) in [6.45, 7) is 2.61. The minimum absolute atomic E-state index is 0.0119. The number of ether oxygens (including phenoxy) is 1. The molecule has 23 heavy (non-hydrogen) atoms. The number of imidazole rings is 1. The monoisotopic (exact) mass is 307 g/mol. The van der Waals surface area contributed by atoms with Crippen LogP contribution in [0.3, 0.4) is 0 Å². The number of hydrogen-bond acceptors (Lipinski definition) is 3. The molecule has 3 heterocycles. The Morgan fingerprint density at radius 3 is 3.13 bits per heavy atom. The van der Waals surface area contributed by atoms with Gasteiger partial charge >= 0.3 is 0 Å². The van der Waals surface area contributed by atoms with Crippen LogP contribution in [0, 0.1) is 0 Å². The zero-order valence-electron chi connectivity index (χ0n) is 12.8. The molecule has 4 rings (SSSR count). The number of aromatic nitrogens is 2. The fourth-order valence-electron chi connectivity index (χ4n) is 3.04. The van der Waals surface area contributed by atoms with E-state index in [1.165, 1.54) is 0 Å². The molecule has 2 aromatic heterocycles. The van der Waals surface area contributed by atoms with Gasteiger partial charge in [-0.25, -0.2) is 4.98 Å². The normalized spacial score (nSPS) is 17.5. The van der Waals surface area contributed by atoms with Crippen molar-refractivity contribution in [2.45, 2.75) is 18.9 Å². The molecule has 0 saturated heterocycles. The maximum atomic E-state index is 12.5. The molecule has 2 atom stereocenters. The lowest BCUT2D eigenvalue weighted by Crippen LogP contribution is -2.37. The number of fused-ring (bicyclic) bond motifs is 2. The lowest BCUT2D eigenvalue weighted by atomic mass is 9.94. The molecule has 3 aromatic rings. The van der Waals surface area contributed by atoms with Gasteiger partial charge in [-0.2, -0.15) is 0 Å². The van der Waals surface area contributed by atoms with Crippen LogP contribution in [0.1, 0.15) is 28.8 Å². The quantitative estimate of drug-likeness (QED) is 0.809. The molecule has 0 saturated carbocycles. The van der Waals surface area contributed by atoms with Crippen molar-refractivity contribution in [2.75, 3.05) is 6.61 Å². The number of hydrogen-bond donors (Lipinski definition) is 1. The maximum absolute atomic E-state index is 12.5. The predicted molar refractivity (Wildman–Crippen MR) is 86.8 cm³/mol. The number of benzene rings is 1. The summed E-state index contributed by atoms with van der Waals surface area (Å²) in [7, 11) is 0. The van der Waals surface area contributed by atoms with Crippen molar-refractivity contribution in [1.82, 2.24) is 14.7 Å². The molecule has 116 valence electrons. The van der Waals surface area contributed by atoms with Crippen LogP contribution in [0.2, 0.25) is 0 Å². The van der Waals surface area contributed by atoms with Crippen LogP contribution in [0.4, 0.5) is 0 Å². The highest BCUT2D eigenvalue weighted by Gasteiger charge is 2.29. The van der Waals surface area contributed by atoms with Crippen molar-refractivity contribution in [2.24, 2.45) is 0 Å². The highest BCUT2D eigenvalue weighted by atomic mass is 16.5.